The van der Waals surface area contributed by atoms with Crippen molar-refractivity contribution < 1.29 is 4.74 Å². The molecule has 2 fully saturated rings. The van der Waals surface area contributed by atoms with Gasteiger partial charge in [0.05, 0.1) is 18.0 Å². The summed E-state index contributed by atoms with van der Waals surface area (Å²) < 4.78 is 6.30. The van der Waals surface area contributed by atoms with E-state index in [0.29, 0.717) is 22.7 Å². The molecule has 1 aromatic heterocycles. The second-order valence-corrected chi connectivity index (χ2v) is 11.5. The number of benzene rings is 2. The van der Waals surface area contributed by atoms with Gasteiger partial charge in [0.15, 0.2) is 5.82 Å². The first kappa shape index (κ1) is 26.8. The Balaban J connectivity index is 1.36. The van der Waals surface area contributed by atoms with Crippen LogP contribution in [0.5, 0.6) is 5.75 Å². The molecule has 0 radical (unpaired) electrons. The summed E-state index contributed by atoms with van der Waals surface area (Å²) in [5.74, 6) is 2.45. The lowest BCUT2D eigenvalue weighted by Gasteiger charge is -2.35. The minimum atomic E-state index is 0.0569. The number of hydrogen-bond donors (Lipinski definition) is 2. The summed E-state index contributed by atoms with van der Waals surface area (Å²) in [5, 5.41) is 7.22. The third-order valence-electron chi connectivity index (χ3n) is 7.91. The van der Waals surface area contributed by atoms with Gasteiger partial charge in [0, 0.05) is 11.7 Å². The molecule has 0 unspecified atom stereocenters. The smallest absolute Gasteiger partial charge is 0.229 e. The van der Waals surface area contributed by atoms with Crippen molar-refractivity contribution in [3.8, 4) is 5.75 Å². The number of para-hydroxylation sites is 1. The van der Waals surface area contributed by atoms with Crippen LogP contribution in [-0.4, -0.2) is 40.1 Å². The van der Waals surface area contributed by atoms with Crippen molar-refractivity contribution in [2.45, 2.75) is 84.3 Å². The number of likely N-dealkylation sites (tertiary alicyclic amines) is 1. The molecule has 0 spiro atoms. The monoisotopic (exact) mass is 533 g/mol. The number of nitrogens with zero attached hydrogens (tertiary/aromatic N) is 3. The van der Waals surface area contributed by atoms with E-state index in [1.165, 1.54) is 62.7 Å². The summed E-state index contributed by atoms with van der Waals surface area (Å²) in [4.78, 5) is 11.9. The number of hydrogen-bond acceptors (Lipinski definition) is 6. The summed E-state index contributed by atoms with van der Waals surface area (Å²) in [6, 6.07) is 13.3. The van der Waals surface area contributed by atoms with Crippen LogP contribution in [0, 0.1) is 13.8 Å². The summed E-state index contributed by atoms with van der Waals surface area (Å²) >= 11 is 6.44. The molecule has 0 atom stereocenters. The van der Waals surface area contributed by atoms with E-state index < -0.39 is 0 Å². The van der Waals surface area contributed by atoms with Crippen LogP contribution in [0.15, 0.2) is 42.6 Å². The fraction of sp³-hybridized carbons (Fsp3) is 0.484. The molecule has 2 aromatic carbocycles. The van der Waals surface area contributed by atoms with Gasteiger partial charge in [0.1, 0.15) is 10.8 Å². The fourth-order valence-corrected chi connectivity index (χ4v) is 6.07. The third-order valence-corrected chi connectivity index (χ3v) is 8.19. The Morgan fingerprint density at radius 3 is 2.39 bits per heavy atom. The van der Waals surface area contributed by atoms with E-state index in [1.54, 1.807) is 6.20 Å². The zero-order valence-electron chi connectivity index (χ0n) is 23.1. The van der Waals surface area contributed by atoms with E-state index in [-0.39, 0.29) is 6.10 Å². The second kappa shape index (κ2) is 11.9. The maximum atomic E-state index is 6.44. The molecule has 2 heterocycles. The Morgan fingerprint density at radius 1 is 0.947 bits per heavy atom. The number of rotatable bonds is 8. The Bertz CT molecular complexity index is 1250. The maximum Gasteiger partial charge on any atom is 0.229 e. The van der Waals surface area contributed by atoms with Gasteiger partial charge in [-0.2, -0.15) is 4.98 Å². The van der Waals surface area contributed by atoms with Crippen molar-refractivity contribution in [3.63, 3.8) is 0 Å². The van der Waals surface area contributed by atoms with Crippen LogP contribution in [0.3, 0.4) is 0 Å². The average molecular weight is 534 g/mol. The lowest BCUT2D eigenvalue weighted by atomic mass is 9.79. The molecule has 38 heavy (non-hydrogen) atoms. The van der Waals surface area contributed by atoms with Gasteiger partial charge in [0.25, 0.3) is 0 Å². The Hall–Kier alpha value is -2.83. The number of aryl methyl sites for hydroxylation is 2. The highest BCUT2D eigenvalue weighted by Crippen LogP contribution is 2.41. The minimum absolute atomic E-state index is 0.0569. The standard InChI is InChI=1S/C31H40ClN5O/c1-20(2)38-29-18-25(23-11-13-24(14-12-23)37-15-7-8-16-37)22(4)17-28(29)35-31-33-19-26(32)30(36-31)34-27-10-6-5-9-21(27)3/h5-6,9-10,17-20,23-24H,7-8,11-16H2,1-4H3,(H2,33,34,35,36)/t23-,24+. The molecule has 5 rings (SSSR count). The predicted molar refractivity (Wildman–Crippen MR) is 158 cm³/mol. The van der Waals surface area contributed by atoms with Gasteiger partial charge in [-0.05, 0) is 120 Å². The van der Waals surface area contributed by atoms with E-state index in [9.17, 15) is 0 Å². The summed E-state index contributed by atoms with van der Waals surface area (Å²) in [6.45, 7) is 11.0. The van der Waals surface area contributed by atoms with E-state index >= 15 is 0 Å². The van der Waals surface area contributed by atoms with Crippen molar-refractivity contribution in [3.05, 3.63) is 64.3 Å². The largest absolute Gasteiger partial charge is 0.489 e. The molecule has 1 saturated carbocycles. The molecule has 0 amide bonds. The predicted octanol–water partition coefficient (Wildman–Crippen LogP) is 8.14. The Morgan fingerprint density at radius 2 is 1.68 bits per heavy atom. The van der Waals surface area contributed by atoms with Crippen LogP contribution in [-0.2, 0) is 0 Å². The van der Waals surface area contributed by atoms with Crippen LogP contribution >= 0.6 is 11.6 Å². The zero-order valence-corrected chi connectivity index (χ0v) is 23.8. The second-order valence-electron chi connectivity index (χ2n) is 11.1. The maximum absolute atomic E-state index is 6.44. The number of nitrogens with one attached hydrogen (secondary N) is 2. The van der Waals surface area contributed by atoms with E-state index in [0.717, 1.165) is 28.7 Å². The van der Waals surface area contributed by atoms with Crippen LogP contribution in [0.2, 0.25) is 5.02 Å². The Kier molecular flexibility index (Phi) is 8.39. The lowest BCUT2D eigenvalue weighted by molar-refractivity contribution is 0.181. The molecule has 3 aromatic rings. The van der Waals surface area contributed by atoms with Crippen molar-refractivity contribution in [2.24, 2.45) is 0 Å². The van der Waals surface area contributed by atoms with Gasteiger partial charge in [0.2, 0.25) is 5.95 Å². The van der Waals surface area contributed by atoms with Crippen LogP contribution in [0.25, 0.3) is 0 Å². The van der Waals surface area contributed by atoms with Crippen LogP contribution in [0.1, 0.15) is 75.0 Å². The molecular weight excluding hydrogens is 494 g/mol. The average Bonchev–Trinajstić information content (AvgIpc) is 3.44. The number of halogens is 1. The molecular formula is C31H40ClN5O. The number of aromatic nitrogens is 2. The minimum Gasteiger partial charge on any atom is -0.489 e. The summed E-state index contributed by atoms with van der Waals surface area (Å²) in [5.41, 5.74) is 5.63. The highest BCUT2D eigenvalue weighted by molar-refractivity contribution is 6.32. The molecule has 7 heteroatoms. The summed E-state index contributed by atoms with van der Waals surface area (Å²) in [6.07, 6.45) is 9.48. The van der Waals surface area contributed by atoms with Gasteiger partial charge in [-0.25, -0.2) is 4.98 Å². The first-order valence-electron chi connectivity index (χ1n) is 14.0. The molecule has 1 aliphatic carbocycles. The van der Waals surface area contributed by atoms with Crippen molar-refractivity contribution in [1.82, 2.24) is 14.9 Å². The Labute approximate surface area is 232 Å². The van der Waals surface area contributed by atoms with E-state index in [4.69, 9.17) is 16.3 Å². The molecule has 2 aliphatic rings. The normalized spacial score (nSPS) is 20.1. The fourth-order valence-electron chi connectivity index (χ4n) is 5.93. The van der Waals surface area contributed by atoms with Crippen LogP contribution < -0.4 is 15.4 Å². The molecule has 1 aliphatic heterocycles. The molecule has 6 nitrogen and oxygen atoms in total. The van der Waals surface area contributed by atoms with Gasteiger partial charge in [-0.15, -0.1) is 0 Å². The van der Waals surface area contributed by atoms with Gasteiger partial charge in [-0.3, -0.25) is 0 Å². The molecule has 1 saturated heterocycles. The quantitative estimate of drug-likeness (QED) is 0.304. The van der Waals surface area contributed by atoms with Gasteiger partial charge >= 0.3 is 0 Å². The van der Waals surface area contributed by atoms with Crippen molar-refractivity contribution in [2.75, 3.05) is 23.7 Å². The zero-order chi connectivity index (χ0) is 26.6. The highest BCUT2D eigenvalue weighted by atomic mass is 35.5. The summed E-state index contributed by atoms with van der Waals surface area (Å²) in [7, 11) is 0. The first-order chi connectivity index (χ1) is 18.4. The van der Waals surface area contributed by atoms with Crippen LogP contribution in [0.4, 0.5) is 23.1 Å². The molecule has 202 valence electrons. The SMILES string of the molecule is Cc1ccccc1Nc1nc(Nc2cc(C)c([C@H]3CC[C@@H](N4CCCC4)CC3)cc2OC(C)C)ncc1Cl. The third kappa shape index (κ3) is 6.24. The van der Waals surface area contributed by atoms with Gasteiger partial charge in [-0.1, -0.05) is 29.8 Å². The van der Waals surface area contributed by atoms with E-state index in [1.807, 2.05) is 18.2 Å². The number of ether oxygens (including phenoxy) is 1. The van der Waals surface area contributed by atoms with Crippen molar-refractivity contribution >= 4 is 34.7 Å². The number of anilines is 4. The van der Waals surface area contributed by atoms with E-state index in [2.05, 4.69) is 71.4 Å². The first-order valence-corrected chi connectivity index (χ1v) is 14.4. The lowest BCUT2D eigenvalue weighted by Crippen LogP contribution is -2.35. The van der Waals surface area contributed by atoms with Crippen molar-refractivity contribution in [1.29, 1.82) is 0 Å². The highest BCUT2D eigenvalue weighted by Gasteiger charge is 2.29. The molecule has 2 N–H and O–H groups in total. The molecule has 0 bridgehead atoms. The topological polar surface area (TPSA) is 62.3 Å². The van der Waals surface area contributed by atoms with Gasteiger partial charge < -0.3 is 20.3 Å².